The molecule has 6 nitrogen and oxygen atoms in total. The number of aromatic nitrogens is 1. The summed E-state index contributed by atoms with van der Waals surface area (Å²) in [7, 11) is -2.21. The van der Waals surface area contributed by atoms with Crippen LogP contribution in [0.2, 0.25) is 0 Å². The SMILES string of the molecule is Cc1ccc(S(=O)(=O)N(C)c2ccc(C(=O)Oc3cccnc3)cc2)cc1. The Hall–Kier alpha value is -3.19. The molecule has 27 heavy (non-hydrogen) atoms. The first-order valence-electron chi connectivity index (χ1n) is 8.16. The summed E-state index contributed by atoms with van der Waals surface area (Å²) in [5.74, 6) is -0.204. The van der Waals surface area contributed by atoms with Crippen LogP contribution in [0.1, 0.15) is 15.9 Å². The van der Waals surface area contributed by atoms with Crippen molar-refractivity contribution in [1.82, 2.24) is 4.98 Å². The topological polar surface area (TPSA) is 76.6 Å². The summed E-state index contributed by atoms with van der Waals surface area (Å²) < 4.78 is 31.9. The molecule has 0 N–H and O–H groups in total. The maximum Gasteiger partial charge on any atom is 0.343 e. The number of aryl methyl sites for hydroxylation is 1. The van der Waals surface area contributed by atoms with Gasteiger partial charge in [-0.05, 0) is 55.5 Å². The second-order valence-corrected chi connectivity index (χ2v) is 7.88. The van der Waals surface area contributed by atoms with Gasteiger partial charge in [0.05, 0.1) is 22.3 Å². The smallest absolute Gasteiger partial charge is 0.343 e. The Kier molecular flexibility index (Phi) is 5.23. The highest BCUT2D eigenvalue weighted by Crippen LogP contribution is 2.23. The van der Waals surface area contributed by atoms with E-state index in [9.17, 15) is 13.2 Å². The van der Waals surface area contributed by atoms with Crippen LogP contribution in [-0.4, -0.2) is 26.4 Å². The van der Waals surface area contributed by atoms with Crippen molar-refractivity contribution in [2.75, 3.05) is 11.4 Å². The fourth-order valence-electron chi connectivity index (χ4n) is 2.39. The summed E-state index contributed by atoms with van der Waals surface area (Å²) in [5.41, 5.74) is 1.73. The maximum absolute atomic E-state index is 12.7. The molecule has 0 unspecified atom stereocenters. The van der Waals surface area contributed by atoms with E-state index in [0.29, 0.717) is 17.0 Å². The zero-order valence-electron chi connectivity index (χ0n) is 14.9. The zero-order chi connectivity index (χ0) is 19.4. The van der Waals surface area contributed by atoms with Crippen molar-refractivity contribution >= 4 is 21.7 Å². The third kappa shape index (κ3) is 4.15. The van der Waals surface area contributed by atoms with Crippen LogP contribution < -0.4 is 9.04 Å². The van der Waals surface area contributed by atoms with Gasteiger partial charge in [-0.25, -0.2) is 13.2 Å². The number of carbonyl (C=O) groups is 1. The number of hydrogen-bond acceptors (Lipinski definition) is 5. The molecule has 0 fully saturated rings. The largest absolute Gasteiger partial charge is 0.421 e. The van der Waals surface area contributed by atoms with Crippen LogP contribution >= 0.6 is 0 Å². The van der Waals surface area contributed by atoms with E-state index >= 15 is 0 Å². The lowest BCUT2D eigenvalue weighted by Crippen LogP contribution is -2.26. The molecule has 138 valence electrons. The highest BCUT2D eigenvalue weighted by Gasteiger charge is 2.21. The highest BCUT2D eigenvalue weighted by molar-refractivity contribution is 7.92. The molecule has 3 aromatic rings. The highest BCUT2D eigenvalue weighted by atomic mass is 32.2. The minimum Gasteiger partial charge on any atom is -0.421 e. The summed E-state index contributed by atoms with van der Waals surface area (Å²) in [6.45, 7) is 1.89. The Morgan fingerprint density at radius 1 is 1.00 bits per heavy atom. The molecule has 0 amide bonds. The fourth-order valence-corrected chi connectivity index (χ4v) is 3.58. The molecule has 0 atom stereocenters. The maximum atomic E-state index is 12.7. The number of anilines is 1. The molecule has 0 aliphatic rings. The Bertz CT molecular complexity index is 1030. The zero-order valence-corrected chi connectivity index (χ0v) is 15.7. The van der Waals surface area contributed by atoms with Crippen molar-refractivity contribution in [3.8, 4) is 5.75 Å². The summed E-state index contributed by atoms with van der Waals surface area (Å²) in [6, 6.07) is 16.1. The quantitative estimate of drug-likeness (QED) is 0.632. The lowest BCUT2D eigenvalue weighted by Gasteiger charge is -2.19. The lowest BCUT2D eigenvalue weighted by molar-refractivity contribution is 0.0734. The monoisotopic (exact) mass is 382 g/mol. The molecule has 0 radical (unpaired) electrons. The molecule has 0 saturated carbocycles. The van der Waals surface area contributed by atoms with Gasteiger partial charge in [-0.1, -0.05) is 17.7 Å². The molecule has 0 aliphatic carbocycles. The van der Waals surface area contributed by atoms with Gasteiger partial charge in [0.1, 0.15) is 5.75 Å². The number of sulfonamides is 1. The number of hydrogen-bond donors (Lipinski definition) is 0. The minimum atomic E-state index is -3.68. The second kappa shape index (κ2) is 7.59. The van der Waals surface area contributed by atoms with E-state index in [1.54, 1.807) is 54.7 Å². The van der Waals surface area contributed by atoms with Crippen LogP contribution in [0.3, 0.4) is 0 Å². The molecule has 1 aromatic heterocycles. The summed E-state index contributed by atoms with van der Waals surface area (Å²) in [4.78, 5) is 16.2. The second-order valence-electron chi connectivity index (χ2n) is 5.91. The standard InChI is InChI=1S/C20H18N2O4S/c1-15-5-11-19(12-6-15)27(24,25)22(2)17-9-7-16(8-10-17)20(23)26-18-4-3-13-21-14-18/h3-14H,1-2H3. The predicted octanol–water partition coefficient (Wildman–Crippen LogP) is 3.43. The van der Waals surface area contributed by atoms with E-state index in [2.05, 4.69) is 4.98 Å². The Labute approximate surface area is 158 Å². The fraction of sp³-hybridized carbons (Fsp3) is 0.100. The molecule has 2 aromatic carbocycles. The first kappa shape index (κ1) is 18.6. The van der Waals surface area contributed by atoms with E-state index in [0.717, 1.165) is 5.56 Å². The number of nitrogens with zero attached hydrogens (tertiary/aromatic N) is 2. The number of pyridine rings is 1. The first-order valence-corrected chi connectivity index (χ1v) is 9.60. The Morgan fingerprint density at radius 2 is 1.67 bits per heavy atom. The van der Waals surface area contributed by atoms with Crippen LogP contribution in [0.4, 0.5) is 5.69 Å². The predicted molar refractivity (Wildman–Crippen MR) is 102 cm³/mol. The van der Waals surface area contributed by atoms with Crippen LogP contribution in [0.25, 0.3) is 0 Å². The number of benzene rings is 2. The molecule has 0 spiro atoms. The van der Waals surface area contributed by atoms with Gasteiger partial charge in [0.2, 0.25) is 0 Å². The van der Waals surface area contributed by atoms with E-state index in [-0.39, 0.29) is 4.90 Å². The van der Waals surface area contributed by atoms with Gasteiger partial charge in [0.15, 0.2) is 0 Å². The van der Waals surface area contributed by atoms with Gasteiger partial charge in [0, 0.05) is 13.2 Å². The average Bonchev–Trinajstić information content (AvgIpc) is 2.68. The number of esters is 1. The van der Waals surface area contributed by atoms with Crippen LogP contribution in [0.5, 0.6) is 5.75 Å². The van der Waals surface area contributed by atoms with Gasteiger partial charge >= 0.3 is 5.97 Å². The van der Waals surface area contributed by atoms with Gasteiger partial charge < -0.3 is 4.74 Å². The molecular formula is C20H18N2O4S. The van der Waals surface area contributed by atoms with Gasteiger partial charge in [-0.15, -0.1) is 0 Å². The number of rotatable bonds is 5. The Balaban J connectivity index is 1.78. The van der Waals surface area contributed by atoms with E-state index in [4.69, 9.17) is 4.74 Å². The van der Waals surface area contributed by atoms with Gasteiger partial charge in [-0.2, -0.15) is 0 Å². The molecule has 0 saturated heterocycles. The summed E-state index contributed by atoms with van der Waals surface area (Å²) >= 11 is 0. The van der Waals surface area contributed by atoms with Gasteiger partial charge in [-0.3, -0.25) is 9.29 Å². The van der Waals surface area contributed by atoms with Crippen molar-refractivity contribution < 1.29 is 17.9 Å². The van der Waals surface area contributed by atoms with Crippen molar-refractivity contribution in [2.45, 2.75) is 11.8 Å². The molecule has 0 bridgehead atoms. The molecule has 1 heterocycles. The third-order valence-corrected chi connectivity index (χ3v) is 5.79. The number of carbonyl (C=O) groups excluding carboxylic acids is 1. The number of ether oxygens (including phenoxy) is 1. The van der Waals surface area contributed by atoms with E-state index < -0.39 is 16.0 Å². The van der Waals surface area contributed by atoms with Crippen LogP contribution in [-0.2, 0) is 10.0 Å². The summed E-state index contributed by atoms with van der Waals surface area (Å²) in [5, 5.41) is 0. The molecular weight excluding hydrogens is 364 g/mol. The van der Waals surface area contributed by atoms with Crippen molar-refractivity contribution in [1.29, 1.82) is 0 Å². The average molecular weight is 382 g/mol. The normalized spacial score (nSPS) is 11.0. The first-order chi connectivity index (χ1) is 12.9. The van der Waals surface area contributed by atoms with E-state index in [1.165, 1.54) is 29.7 Å². The molecule has 3 rings (SSSR count). The van der Waals surface area contributed by atoms with Gasteiger partial charge in [0.25, 0.3) is 10.0 Å². The van der Waals surface area contributed by atoms with Crippen LogP contribution in [0.15, 0.2) is 78.0 Å². The van der Waals surface area contributed by atoms with Crippen LogP contribution in [0, 0.1) is 6.92 Å². The molecule has 7 heteroatoms. The van der Waals surface area contributed by atoms with Crippen molar-refractivity contribution in [3.05, 3.63) is 84.2 Å². The van der Waals surface area contributed by atoms with Crippen molar-refractivity contribution in [2.24, 2.45) is 0 Å². The van der Waals surface area contributed by atoms with E-state index in [1.807, 2.05) is 6.92 Å². The summed E-state index contributed by atoms with van der Waals surface area (Å²) in [6.07, 6.45) is 3.02. The third-order valence-electron chi connectivity index (χ3n) is 3.99. The molecule has 0 aliphatic heterocycles. The minimum absolute atomic E-state index is 0.204. The Morgan fingerprint density at radius 3 is 2.26 bits per heavy atom. The lowest BCUT2D eigenvalue weighted by atomic mass is 10.2. The van der Waals surface area contributed by atoms with Crippen molar-refractivity contribution in [3.63, 3.8) is 0 Å².